The van der Waals surface area contributed by atoms with Crippen molar-refractivity contribution in [2.24, 2.45) is 0 Å². The van der Waals surface area contributed by atoms with Crippen molar-refractivity contribution in [2.75, 3.05) is 31.6 Å². The highest BCUT2D eigenvalue weighted by atomic mass is 16.6. The maximum Gasteiger partial charge on any atom is 0.410 e. The zero-order valence-corrected chi connectivity index (χ0v) is 21.7. The lowest BCUT2D eigenvalue weighted by atomic mass is 10.1. The van der Waals surface area contributed by atoms with Crippen molar-refractivity contribution in [2.45, 2.75) is 76.2 Å². The lowest BCUT2D eigenvalue weighted by Gasteiger charge is -2.41. The number of urea groups is 1. The van der Waals surface area contributed by atoms with E-state index in [0.717, 1.165) is 54.7 Å². The molecule has 1 aromatic heterocycles. The second-order valence-electron chi connectivity index (χ2n) is 11.0. The van der Waals surface area contributed by atoms with Gasteiger partial charge < -0.3 is 24.3 Å². The molecule has 2 atom stereocenters. The van der Waals surface area contributed by atoms with Gasteiger partial charge in [0.15, 0.2) is 0 Å². The number of fused-ring (bicyclic) bond motifs is 3. The van der Waals surface area contributed by atoms with E-state index in [1.807, 2.05) is 52.1 Å². The molecule has 0 spiro atoms. The van der Waals surface area contributed by atoms with E-state index in [2.05, 4.69) is 17.0 Å². The van der Waals surface area contributed by atoms with Crippen LogP contribution < -0.4 is 4.90 Å². The zero-order chi connectivity index (χ0) is 25.4. The lowest BCUT2D eigenvalue weighted by Crippen LogP contribution is -2.56. The summed E-state index contributed by atoms with van der Waals surface area (Å²) in [6.07, 6.45) is 7.37. The van der Waals surface area contributed by atoms with Crippen LogP contribution in [0.5, 0.6) is 0 Å². The molecule has 3 amide bonds. The maximum atomic E-state index is 13.1. The number of rotatable bonds is 4. The van der Waals surface area contributed by atoms with Crippen molar-refractivity contribution in [3.05, 3.63) is 59.3 Å². The Morgan fingerprint density at radius 2 is 1.70 bits per heavy atom. The first-order valence-corrected chi connectivity index (χ1v) is 13.8. The van der Waals surface area contributed by atoms with Gasteiger partial charge in [0.05, 0.1) is 0 Å². The minimum Gasteiger partial charge on any atom is -0.445 e. The van der Waals surface area contributed by atoms with Gasteiger partial charge in [0.25, 0.3) is 0 Å². The van der Waals surface area contributed by atoms with Crippen LogP contribution in [0.2, 0.25) is 0 Å². The molecule has 2 aromatic rings. The van der Waals surface area contributed by atoms with Crippen LogP contribution >= 0.6 is 0 Å². The molecular weight excluding hydrogens is 466 g/mol. The molecule has 2 unspecified atom stereocenters. The quantitative estimate of drug-likeness (QED) is 0.618. The van der Waals surface area contributed by atoms with E-state index in [0.29, 0.717) is 38.8 Å². The Morgan fingerprint density at radius 1 is 0.973 bits per heavy atom. The Hall–Kier alpha value is -3.29. The first-order valence-electron chi connectivity index (χ1n) is 13.8. The van der Waals surface area contributed by atoms with E-state index >= 15 is 0 Å². The maximum absolute atomic E-state index is 13.1. The molecule has 4 aliphatic rings. The van der Waals surface area contributed by atoms with Gasteiger partial charge in [-0.2, -0.15) is 0 Å². The summed E-state index contributed by atoms with van der Waals surface area (Å²) in [5, 5.41) is 0. The van der Waals surface area contributed by atoms with E-state index in [1.54, 1.807) is 0 Å². The molecule has 8 nitrogen and oxygen atoms in total. The predicted octanol–water partition coefficient (Wildman–Crippen LogP) is 4.42. The number of hydrogen-bond donors (Lipinski definition) is 0. The molecule has 3 aliphatic heterocycles. The summed E-state index contributed by atoms with van der Waals surface area (Å²) in [5.74, 6) is 1.01. The summed E-state index contributed by atoms with van der Waals surface area (Å²) in [4.78, 5) is 39.2. The topological polar surface area (TPSA) is 69.2 Å². The van der Waals surface area contributed by atoms with Crippen LogP contribution in [-0.2, 0) is 24.3 Å². The highest BCUT2D eigenvalue weighted by Gasteiger charge is 2.43. The molecule has 37 heavy (non-hydrogen) atoms. The molecule has 6 rings (SSSR count). The Kier molecular flexibility index (Phi) is 6.65. The highest BCUT2D eigenvalue weighted by molar-refractivity contribution is 5.75. The fraction of sp³-hybridized carbons (Fsp3) is 0.552. The third kappa shape index (κ3) is 4.86. The third-order valence-corrected chi connectivity index (χ3v) is 8.69. The number of carbonyl (C=O) groups excluding carboxylic acids is 2. The van der Waals surface area contributed by atoms with E-state index in [9.17, 15) is 9.59 Å². The molecule has 0 N–H and O–H groups in total. The Labute approximate surface area is 219 Å². The van der Waals surface area contributed by atoms with Crippen LogP contribution in [0.25, 0.3) is 0 Å². The first kappa shape index (κ1) is 24.1. The molecule has 196 valence electrons. The zero-order valence-electron chi connectivity index (χ0n) is 21.7. The molecule has 3 fully saturated rings. The SMILES string of the molecule is CN(C(=O)N1CCc2nc(N3C4CCC3CN(C(=O)OCc3ccccc3)C4)ccc2C1)C1CCCC1. The molecule has 2 saturated heterocycles. The molecule has 8 heteroatoms. The largest absolute Gasteiger partial charge is 0.445 e. The van der Waals surface area contributed by atoms with Crippen LogP contribution in [0.3, 0.4) is 0 Å². The van der Waals surface area contributed by atoms with Crippen molar-refractivity contribution >= 4 is 17.9 Å². The minimum atomic E-state index is -0.230. The second-order valence-corrected chi connectivity index (χ2v) is 11.0. The number of pyridine rings is 1. The monoisotopic (exact) mass is 503 g/mol. The van der Waals surface area contributed by atoms with Gasteiger partial charge in [0, 0.05) is 63.5 Å². The molecule has 1 saturated carbocycles. The smallest absolute Gasteiger partial charge is 0.410 e. The summed E-state index contributed by atoms with van der Waals surface area (Å²) in [6, 6.07) is 15.1. The molecule has 2 bridgehead atoms. The number of ether oxygens (including phenoxy) is 1. The Morgan fingerprint density at radius 3 is 2.43 bits per heavy atom. The molecule has 0 radical (unpaired) electrons. The summed E-state index contributed by atoms with van der Waals surface area (Å²) in [6.45, 7) is 2.98. The van der Waals surface area contributed by atoms with Gasteiger partial charge in [0.2, 0.25) is 0 Å². The van der Waals surface area contributed by atoms with Gasteiger partial charge >= 0.3 is 12.1 Å². The van der Waals surface area contributed by atoms with E-state index < -0.39 is 0 Å². The number of hydrogen-bond acceptors (Lipinski definition) is 5. The van der Waals surface area contributed by atoms with Crippen molar-refractivity contribution in [1.29, 1.82) is 0 Å². The third-order valence-electron chi connectivity index (χ3n) is 8.69. The summed E-state index contributed by atoms with van der Waals surface area (Å²) in [5.41, 5.74) is 3.26. The summed E-state index contributed by atoms with van der Waals surface area (Å²) >= 11 is 0. The summed E-state index contributed by atoms with van der Waals surface area (Å²) in [7, 11) is 1.96. The Bertz CT molecular complexity index is 1120. The van der Waals surface area contributed by atoms with Crippen molar-refractivity contribution in [3.63, 3.8) is 0 Å². The molecule has 1 aromatic carbocycles. The van der Waals surface area contributed by atoms with Gasteiger partial charge in [-0.15, -0.1) is 0 Å². The number of amides is 3. The van der Waals surface area contributed by atoms with Gasteiger partial charge in [-0.05, 0) is 42.9 Å². The van der Waals surface area contributed by atoms with Gasteiger partial charge in [-0.1, -0.05) is 49.2 Å². The number of carbonyl (C=O) groups is 2. The van der Waals surface area contributed by atoms with Crippen LogP contribution in [0.4, 0.5) is 15.4 Å². The van der Waals surface area contributed by atoms with E-state index in [1.165, 1.54) is 12.8 Å². The second kappa shape index (κ2) is 10.2. The van der Waals surface area contributed by atoms with Crippen molar-refractivity contribution in [1.82, 2.24) is 19.7 Å². The van der Waals surface area contributed by atoms with Crippen LogP contribution in [0, 0.1) is 0 Å². The standard InChI is InChI=1S/C29H37N5O3/c1-31(23-9-5-6-10-23)28(35)32-16-15-26-22(17-32)11-14-27(30-26)34-24-12-13-25(34)19-33(18-24)29(36)37-20-21-7-3-2-4-8-21/h2-4,7-8,11,14,23-25H,5-6,9-10,12-13,15-20H2,1H3. The lowest BCUT2D eigenvalue weighted by molar-refractivity contribution is 0.0880. The highest BCUT2D eigenvalue weighted by Crippen LogP contribution is 2.35. The average molecular weight is 504 g/mol. The van der Waals surface area contributed by atoms with Crippen molar-refractivity contribution in [3.8, 4) is 0 Å². The summed E-state index contributed by atoms with van der Waals surface area (Å²) < 4.78 is 5.60. The van der Waals surface area contributed by atoms with Crippen molar-refractivity contribution < 1.29 is 14.3 Å². The molecule has 4 heterocycles. The normalized spacial score (nSPS) is 23.2. The van der Waals surface area contributed by atoms with Crippen LogP contribution in [-0.4, -0.2) is 76.6 Å². The number of piperazine rings is 1. The molecule has 1 aliphatic carbocycles. The van der Waals surface area contributed by atoms with Gasteiger partial charge in [-0.3, -0.25) is 0 Å². The van der Waals surface area contributed by atoms with Gasteiger partial charge in [0.1, 0.15) is 12.4 Å². The molecular formula is C29H37N5O3. The van der Waals surface area contributed by atoms with E-state index in [-0.39, 0.29) is 24.2 Å². The predicted molar refractivity (Wildman–Crippen MR) is 141 cm³/mol. The number of likely N-dealkylation sites (tertiary alicyclic amines) is 1. The number of benzene rings is 1. The van der Waals surface area contributed by atoms with Crippen LogP contribution in [0.1, 0.15) is 55.3 Å². The van der Waals surface area contributed by atoms with E-state index in [4.69, 9.17) is 9.72 Å². The number of anilines is 1. The minimum absolute atomic E-state index is 0.148. The fourth-order valence-corrected chi connectivity index (χ4v) is 6.62. The number of nitrogens with zero attached hydrogens (tertiary/aromatic N) is 5. The Balaban J connectivity index is 1.08. The fourth-order valence-electron chi connectivity index (χ4n) is 6.62. The van der Waals surface area contributed by atoms with Crippen LogP contribution in [0.15, 0.2) is 42.5 Å². The number of aromatic nitrogens is 1. The average Bonchev–Trinajstić information content (AvgIpc) is 3.57. The van der Waals surface area contributed by atoms with Gasteiger partial charge in [-0.25, -0.2) is 14.6 Å². The first-order chi connectivity index (χ1) is 18.1.